The summed E-state index contributed by atoms with van der Waals surface area (Å²) in [5, 5.41) is 9.48. The molecule has 3 rings (SSSR count). The van der Waals surface area contributed by atoms with Gasteiger partial charge in [0.25, 0.3) is 0 Å². The number of nitrogens with two attached hydrogens (primary N) is 1. The van der Waals surface area contributed by atoms with Crippen LogP contribution < -0.4 is 10.6 Å². The monoisotopic (exact) mass is 305 g/mol. The fourth-order valence-corrected chi connectivity index (χ4v) is 3.10. The van der Waals surface area contributed by atoms with Crippen LogP contribution in [0.5, 0.6) is 0 Å². The van der Waals surface area contributed by atoms with E-state index in [1.807, 2.05) is 6.07 Å². The molecule has 112 valence electrons. The predicted octanol–water partition coefficient (Wildman–Crippen LogP) is 0.665. The molecule has 2 aromatic heterocycles. The van der Waals surface area contributed by atoms with Crippen molar-refractivity contribution < 1.29 is 0 Å². The van der Waals surface area contributed by atoms with Gasteiger partial charge in [-0.3, -0.25) is 4.90 Å². The molecule has 0 amide bonds. The Balaban J connectivity index is 1.40. The summed E-state index contributed by atoms with van der Waals surface area (Å²) in [7, 11) is 0. The Kier molecular flexibility index (Phi) is 4.56. The number of nitrogen functional groups attached to an aromatic ring is 1. The molecule has 1 saturated heterocycles. The zero-order chi connectivity index (χ0) is 14.5. The molecular formula is C13H19N7S. The Labute approximate surface area is 127 Å². The van der Waals surface area contributed by atoms with Crippen LogP contribution in [-0.4, -0.2) is 57.8 Å². The van der Waals surface area contributed by atoms with Gasteiger partial charge in [-0.05, 0) is 19.0 Å². The molecule has 0 aromatic carbocycles. The second kappa shape index (κ2) is 6.77. The van der Waals surface area contributed by atoms with E-state index in [4.69, 9.17) is 5.73 Å². The first-order valence-corrected chi connectivity index (χ1v) is 7.95. The minimum Gasteiger partial charge on any atom is -0.374 e. The van der Waals surface area contributed by atoms with Crippen molar-refractivity contribution in [2.45, 2.75) is 12.8 Å². The minimum absolute atomic E-state index is 0.557. The molecule has 8 heteroatoms. The third kappa shape index (κ3) is 3.85. The summed E-state index contributed by atoms with van der Waals surface area (Å²) in [5.41, 5.74) is 5.58. The van der Waals surface area contributed by atoms with E-state index in [2.05, 4.69) is 30.0 Å². The first-order chi connectivity index (χ1) is 10.3. The van der Waals surface area contributed by atoms with E-state index in [1.165, 1.54) is 11.3 Å². The van der Waals surface area contributed by atoms with Gasteiger partial charge in [0.15, 0.2) is 0 Å². The van der Waals surface area contributed by atoms with Gasteiger partial charge < -0.3 is 10.6 Å². The normalized spacial score (nSPS) is 16.3. The third-order valence-electron chi connectivity index (χ3n) is 3.55. The van der Waals surface area contributed by atoms with Crippen molar-refractivity contribution in [2.24, 2.45) is 0 Å². The second-order valence-electron chi connectivity index (χ2n) is 5.02. The summed E-state index contributed by atoms with van der Waals surface area (Å²) in [5.74, 6) is 0.835. The Morgan fingerprint density at radius 1 is 1.10 bits per heavy atom. The number of hydrogen-bond donors (Lipinski definition) is 1. The highest BCUT2D eigenvalue weighted by molar-refractivity contribution is 7.15. The van der Waals surface area contributed by atoms with Gasteiger partial charge in [-0.25, -0.2) is 9.97 Å². The Bertz CT molecular complexity index is 551. The van der Waals surface area contributed by atoms with E-state index in [9.17, 15) is 0 Å². The van der Waals surface area contributed by atoms with Crippen LogP contribution in [-0.2, 0) is 6.42 Å². The van der Waals surface area contributed by atoms with E-state index in [-0.39, 0.29) is 0 Å². The average molecular weight is 305 g/mol. The number of nitrogens with zero attached hydrogens (tertiary/aromatic N) is 6. The number of aromatic nitrogens is 4. The standard InChI is InChI=1S/C13H19N7S/c14-12-18-17-11(21-12)3-1-6-19-7-9-20(10-8-19)13-15-4-2-5-16-13/h2,4-5H,1,3,6-10H2,(H2,14,18). The van der Waals surface area contributed by atoms with Gasteiger partial charge >= 0.3 is 0 Å². The van der Waals surface area contributed by atoms with Crippen molar-refractivity contribution in [3.63, 3.8) is 0 Å². The zero-order valence-corrected chi connectivity index (χ0v) is 12.7. The maximum absolute atomic E-state index is 5.58. The predicted molar refractivity (Wildman–Crippen MR) is 83.3 cm³/mol. The third-order valence-corrected chi connectivity index (χ3v) is 4.37. The topological polar surface area (TPSA) is 84.1 Å². The molecule has 0 radical (unpaired) electrons. The molecule has 0 saturated carbocycles. The maximum atomic E-state index is 5.58. The van der Waals surface area contributed by atoms with Gasteiger partial charge in [0.1, 0.15) is 5.01 Å². The van der Waals surface area contributed by atoms with Crippen LogP contribution in [0.3, 0.4) is 0 Å². The summed E-state index contributed by atoms with van der Waals surface area (Å²) in [6.45, 7) is 5.15. The number of anilines is 2. The van der Waals surface area contributed by atoms with E-state index < -0.39 is 0 Å². The van der Waals surface area contributed by atoms with E-state index in [0.29, 0.717) is 5.13 Å². The molecule has 21 heavy (non-hydrogen) atoms. The molecule has 1 aliphatic rings. The summed E-state index contributed by atoms with van der Waals surface area (Å²) in [6.07, 6.45) is 5.64. The zero-order valence-electron chi connectivity index (χ0n) is 11.9. The van der Waals surface area contributed by atoms with Gasteiger partial charge in [-0.2, -0.15) is 0 Å². The molecule has 0 unspecified atom stereocenters. The van der Waals surface area contributed by atoms with Crippen LogP contribution in [0.25, 0.3) is 0 Å². The Morgan fingerprint density at radius 3 is 2.52 bits per heavy atom. The van der Waals surface area contributed by atoms with Crippen LogP contribution in [0.1, 0.15) is 11.4 Å². The van der Waals surface area contributed by atoms with Crippen molar-refractivity contribution in [1.82, 2.24) is 25.1 Å². The van der Waals surface area contributed by atoms with Crippen molar-refractivity contribution >= 4 is 22.4 Å². The molecule has 7 nitrogen and oxygen atoms in total. The summed E-state index contributed by atoms with van der Waals surface area (Å²) >= 11 is 1.48. The molecule has 1 aliphatic heterocycles. The molecule has 0 spiro atoms. The first kappa shape index (κ1) is 14.2. The van der Waals surface area contributed by atoms with Crippen LogP contribution in [0.4, 0.5) is 11.1 Å². The lowest BCUT2D eigenvalue weighted by molar-refractivity contribution is 0.254. The molecule has 3 heterocycles. The van der Waals surface area contributed by atoms with Crippen molar-refractivity contribution in [3.8, 4) is 0 Å². The number of aryl methyl sites for hydroxylation is 1. The summed E-state index contributed by atoms with van der Waals surface area (Å²) in [4.78, 5) is 13.3. The molecular weight excluding hydrogens is 286 g/mol. The average Bonchev–Trinajstić information content (AvgIpc) is 2.94. The highest BCUT2D eigenvalue weighted by atomic mass is 32.1. The maximum Gasteiger partial charge on any atom is 0.225 e. The van der Waals surface area contributed by atoms with E-state index in [0.717, 1.165) is 56.5 Å². The summed E-state index contributed by atoms with van der Waals surface area (Å²) < 4.78 is 0. The van der Waals surface area contributed by atoms with Crippen molar-refractivity contribution in [3.05, 3.63) is 23.5 Å². The quantitative estimate of drug-likeness (QED) is 0.869. The second-order valence-corrected chi connectivity index (χ2v) is 6.11. The Morgan fingerprint density at radius 2 is 1.86 bits per heavy atom. The molecule has 2 N–H and O–H groups in total. The van der Waals surface area contributed by atoms with Gasteiger partial charge in [-0.1, -0.05) is 11.3 Å². The minimum atomic E-state index is 0.557. The lowest BCUT2D eigenvalue weighted by atomic mass is 10.2. The lowest BCUT2D eigenvalue weighted by Crippen LogP contribution is -2.47. The van der Waals surface area contributed by atoms with E-state index in [1.54, 1.807) is 12.4 Å². The van der Waals surface area contributed by atoms with Gasteiger partial charge in [-0.15, -0.1) is 10.2 Å². The molecule has 1 fully saturated rings. The van der Waals surface area contributed by atoms with Crippen LogP contribution in [0.2, 0.25) is 0 Å². The molecule has 0 atom stereocenters. The summed E-state index contributed by atoms with van der Waals surface area (Å²) in [6, 6.07) is 1.85. The smallest absolute Gasteiger partial charge is 0.225 e. The molecule has 2 aromatic rings. The van der Waals surface area contributed by atoms with Crippen molar-refractivity contribution in [2.75, 3.05) is 43.4 Å². The molecule has 0 bridgehead atoms. The number of rotatable bonds is 5. The first-order valence-electron chi connectivity index (χ1n) is 7.13. The van der Waals surface area contributed by atoms with Crippen molar-refractivity contribution in [1.29, 1.82) is 0 Å². The SMILES string of the molecule is Nc1nnc(CCCN2CCN(c3ncccn3)CC2)s1. The number of piperazine rings is 1. The fraction of sp³-hybridized carbons (Fsp3) is 0.538. The van der Waals surface area contributed by atoms with Crippen LogP contribution in [0.15, 0.2) is 18.5 Å². The molecule has 0 aliphatic carbocycles. The van der Waals surface area contributed by atoms with Gasteiger partial charge in [0.2, 0.25) is 11.1 Å². The van der Waals surface area contributed by atoms with Crippen LogP contribution >= 0.6 is 11.3 Å². The van der Waals surface area contributed by atoms with E-state index >= 15 is 0 Å². The largest absolute Gasteiger partial charge is 0.374 e. The van der Waals surface area contributed by atoms with Gasteiger partial charge in [0.05, 0.1) is 0 Å². The van der Waals surface area contributed by atoms with Crippen LogP contribution in [0, 0.1) is 0 Å². The Hall–Kier alpha value is -1.80. The highest BCUT2D eigenvalue weighted by Gasteiger charge is 2.18. The number of hydrogen-bond acceptors (Lipinski definition) is 8. The highest BCUT2D eigenvalue weighted by Crippen LogP contribution is 2.14. The van der Waals surface area contributed by atoms with Gasteiger partial charge in [0, 0.05) is 45.0 Å². The fourth-order valence-electron chi connectivity index (χ4n) is 2.45. The lowest BCUT2D eigenvalue weighted by Gasteiger charge is -2.34.